The molecule has 48 heavy (non-hydrogen) atoms. The molecule has 3 unspecified atom stereocenters. The fraction of sp³-hybridized carbons (Fsp3) is 0.821. The molecular formula is C39H75N2O6P. The van der Waals surface area contributed by atoms with E-state index in [1.54, 1.807) is 6.08 Å². The zero-order valence-electron chi connectivity index (χ0n) is 31.7. The molecule has 0 aromatic heterocycles. The Labute approximate surface area is 296 Å². The monoisotopic (exact) mass is 699 g/mol. The summed E-state index contributed by atoms with van der Waals surface area (Å²) in [6.07, 6.45) is 36.2. The fourth-order valence-corrected chi connectivity index (χ4v) is 5.88. The third kappa shape index (κ3) is 33.2. The molecule has 0 bridgehead atoms. The van der Waals surface area contributed by atoms with Gasteiger partial charge in [-0.15, -0.1) is 0 Å². The molecule has 8 nitrogen and oxygen atoms in total. The van der Waals surface area contributed by atoms with E-state index in [0.29, 0.717) is 17.4 Å². The van der Waals surface area contributed by atoms with Crippen molar-refractivity contribution in [3.63, 3.8) is 0 Å². The van der Waals surface area contributed by atoms with Crippen LogP contribution in [0.2, 0.25) is 0 Å². The van der Waals surface area contributed by atoms with Gasteiger partial charge in [0, 0.05) is 6.42 Å². The zero-order valence-corrected chi connectivity index (χ0v) is 32.6. The van der Waals surface area contributed by atoms with E-state index < -0.39 is 26.6 Å². The van der Waals surface area contributed by atoms with Gasteiger partial charge in [0.1, 0.15) is 13.2 Å². The van der Waals surface area contributed by atoms with Crippen LogP contribution in [0.25, 0.3) is 0 Å². The van der Waals surface area contributed by atoms with Gasteiger partial charge in [-0.05, 0) is 57.8 Å². The van der Waals surface area contributed by atoms with Gasteiger partial charge >= 0.3 is 0 Å². The molecule has 282 valence electrons. The molecule has 2 N–H and O–H groups in total. The first-order valence-electron chi connectivity index (χ1n) is 19.4. The summed E-state index contributed by atoms with van der Waals surface area (Å²) in [5, 5.41) is 13.6. The van der Waals surface area contributed by atoms with Crippen molar-refractivity contribution in [3.05, 3.63) is 36.5 Å². The van der Waals surface area contributed by atoms with Gasteiger partial charge in [0.2, 0.25) is 5.91 Å². The number of phosphoric acid groups is 1. The molecule has 0 aromatic carbocycles. The Balaban J connectivity index is 4.57. The number of allylic oxidation sites excluding steroid dienone is 5. The summed E-state index contributed by atoms with van der Waals surface area (Å²) < 4.78 is 23.0. The number of phosphoric ester groups is 1. The molecule has 0 radical (unpaired) electrons. The van der Waals surface area contributed by atoms with Crippen molar-refractivity contribution >= 4 is 13.7 Å². The van der Waals surface area contributed by atoms with Crippen molar-refractivity contribution in [2.45, 2.75) is 167 Å². The van der Waals surface area contributed by atoms with Gasteiger partial charge in [-0.25, -0.2) is 0 Å². The summed E-state index contributed by atoms with van der Waals surface area (Å²) in [6, 6.07) is -0.903. The van der Waals surface area contributed by atoms with Crippen molar-refractivity contribution in [2.24, 2.45) is 0 Å². The fourth-order valence-electron chi connectivity index (χ4n) is 5.16. The first-order chi connectivity index (χ1) is 23.0. The highest BCUT2D eigenvalue weighted by atomic mass is 31.2. The van der Waals surface area contributed by atoms with Crippen LogP contribution < -0.4 is 10.2 Å². The number of rotatable bonds is 34. The summed E-state index contributed by atoms with van der Waals surface area (Å²) in [7, 11) is 1.23. The van der Waals surface area contributed by atoms with Crippen LogP contribution in [-0.2, 0) is 18.4 Å². The van der Waals surface area contributed by atoms with Gasteiger partial charge in [-0.1, -0.05) is 127 Å². The molecule has 3 atom stereocenters. The smallest absolute Gasteiger partial charge is 0.268 e. The highest BCUT2D eigenvalue weighted by Gasteiger charge is 2.23. The van der Waals surface area contributed by atoms with Crippen LogP contribution in [0.5, 0.6) is 0 Å². The van der Waals surface area contributed by atoms with Crippen LogP contribution in [0.1, 0.15) is 155 Å². The van der Waals surface area contributed by atoms with Gasteiger partial charge in [-0.2, -0.15) is 0 Å². The molecule has 0 saturated heterocycles. The number of hydrogen-bond donors (Lipinski definition) is 2. The first kappa shape index (κ1) is 46.7. The standard InChI is InChI=1S/C39H75N2O6P/c1-6-8-10-12-14-16-18-19-20-21-23-25-27-29-31-33-39(43)40-37(36-47-48(44,45)46-35-34-41(3,4)5)38(42)32-30-28-26-24-22-17-15-13-11-9-7-2/h19-20,22,24,30,32,37-38,42H,6-18,21,23,25-29,31,33-36H2,1-5H3,(H-,40,43,44,45)/b20-19-,24-22+,32-30+. The van der Waals surface area contributed by atoms with Crippen molar-refractivity contribution < 1.29 is 32.9 Å². The average molecular weight is 699 g/mol. The molecule has 1 amide bonds. The Bertz CT molecular complexity index is 886. The van der Waals surface area contributed by atoms with Crippen molar-refractivity contribution in [1.82, 2.24) is 5.32 Å². The molecule has 0 fully saturated rings. The second kappa shape index (κ2) is 31.7. The van der Waals surface area contributed by atoms with Crippen LogP contribution in [0.4, 0.5) is 0 Å². The van der Waals surface area contributed by atoms with Crippen LogP contribution >= 0.6 is 7.82 Å². The summed E-state index contributed by atoms with van der Waals surface area (Å²) >= 11 is 0. The maximum atomic E-state index is 12.8. The topological polar surface area (TPSA) is 108 Å². The van der Waals surface area contributed by atoms with Gasteiger partial charge in [0.15, 0.2) is 0 Å². The summed E-state index contributed by atoms with van der Waals surface area (Å²) in [5.41, 5.74) is 0. The number of nitrogens with one attached hydrogen (secondary N) is 1. The molecular weight excluding hydrogens is 623 g/mol. The molecule has 0 aliphatic rings. The predicted molar refractivity (Wildman–Crippen MR) is 201 cm³/mol. The minimum atomic E-state index is -4.59. The number of hydrogen-bond acceptors (Lipinski definition) is 6. The number of amides is 1. The maximum absolute atomic E-state index is 12.8. The SMILES string of the molecule is CCCCCCC/C=C/CC/C=C/C(O)C(COP(=O)([O-])OCC[N+](C)(C)C)NC(=O)CCCCCCC/C=C\CCCCCCCC. The highest BCUT2D eigenvalue weighted by Crippen LogP contribution is 2.38. The maximum Gasteiger partial charge on any atom is 0.268 e. The molecule has 0 heterocycles. The lowest BCUT2D eigenvalue weighted by Gasteiger charge is -2.29. The normalized spacial score (nSPS) is 15.1. The zero-order chi connectivity index (χ0) is 35.8. The van der Waals surface area contributed by atoms with Crippen molar-refractivity contribution in [1.29, 1.82) is 0 Å². The number of carbonyl (C=O) groups excluding carboxylic acids is 1. The van der Waals surface area contributed by atoms with Crippen molar-refractivity contribution in [3.8, 4) is 0 Å². The van der Waals surface area contributed by atoms with Gasteiger partial charge in [0.05, 0.1) is 39.9 Å². The van der Waals surface area contributed by atoms with Crippen LogP contribution in [-0.4, -0.2) is 68.5 Å². The molecule has 0 aliphatic heterocycles. The van der Waals surface area contributed by atoms with E-state index in [0.717, 1.165) is 57.8 Å². The number of quaternary nitrogens is 1. The van der Waals surface area contributed by atoms with Crippen LogP contribution in [0, 0.1) is 0 Å². The molecule has 0 aliphatic carbocycles. The van der Waals surface area contributed by atoms with E-state index in [1.807, 2.05) is 27.2 Å². The highest BCUT2D eigenvalue weighted by molar-refractivity contribution is 7.45. The first-order valence-corrected chi connectivity index (χ1v) is 20.8. The molecule has 0 rings (SSSR count). The lowest BCUT2D eigenvalue weighted by molar-refractivity contribution is -0.870. The Kier molecular flexibility index (Phi) is 30.8. The summed E-state index contributed by atoms with van der Waals surface area (Å²) in [5.74, 6) is -0.220. The molecule has 9 heteroatoms. The van der Waals surface area contributed by atoms with Gasteiger partial charge < -0.3 is 28.8 Å². The second-order valence-electron chi connectivity index (χ2n) is 14.3. The van der Waals surface area contributed by atoms with E-state index in [9.17, 15) is 19.4 Å². The largest absolute Gasteiger partial charge is 0.756 e. The lowest BCUT2D eigenvalue weighted by Crippen LogP contribution is -2.45. The Morgan fingerprint density at radius 2 is 1.17 bits per heavy atom. The number of likely N-dealkylation sites (N-methyl/N-ethyl adjacent to an activating group) is 1. The summed E-state index contributed by atoms with van der Waals surface area (Å²) in [4.78, 5) is 25.1. The summed E-state index contributed by atoms with van der Waals surface area (Å²) in [6.45, 7) is 4.56. The van der Waals surface area contributed by atoms with E-state index >= 15 is 0 Å². The molecule has 0 saturated carbocycles. The van der Waals surface area contributed by atoms with E-state index in [4.69, 9.17) is 9.05 Å². The quantitative estimate of drug-likeness (QED) is 0.0300. The van der Waals surface area contributed by atoms with Crippen LogP contribution in [0.15, 0.2) is 36.5 Å². The number of aliphatic hydroxyl groups excluding tert-OH is 1. The van der Waals surface area contributed by atoms with E-state index in [1.165, 1.54) is 77.0 Å². The van der Waals surface area contributed by atoms with E-state index in [-0.39, 0.29) is 12.5 Å². The predicted octanol–water partition coefficient (Wildman–Crippen LogP) is 9.33. The van der Waals surface area contributed by atoms with Gasteiger partial charge in [-0.3, -0.25) is 9.36 Å². The van der Waals surface area contributed by atoms with Crippen molar-refractivity contribution in [2.75, 3.05) is 40.9 Å². The molecule has 0 aromatic rings. The third-order valence-corrected chi connectivity index (χ3v) is 9.29. The Morgan fingerprint density at radius 3 is 1.69 bits per heavy atom. The Morgan fingerprint density at radius 1 is 0.708 bits per heavy atom. The lowest BCUT2D eigenvalue weighted by atomic mass is 10.1. The number of nitrogens with zero attached hydrogens (tertiary/aromatic N) is 1. The van der Waals surface area contributed by atoms with Crippen LogP contribution in [0.3, 0.4) is 0 Å². The van der Waals surface area contributed by atoms with E-state index in [2.05, 4.69) is 43.5 Å². The third-order valence-electron chi connectivity index (χ3n) is 8.32. The Hall–Kier alpha value is -1.28. The minimum absolute atomic E-state index is 0.00843. The number of carbonyl (C=O) groups is 1. The average Bonchev–Trinajstić information content (AvgIpc) is 3.02. The minimum Gasteiger partial charge on any atom is -0.756 e. The van der Waals surface area contributed by atoms with Gasteiger partial charge in [0.25, 0.3) is 7.82 Å². The number of unbranched alkanes of at least 4 members (excludes halogenated alkanes) is 17. The second-order valence-corrected chi connectivity index (χ2v) is 15.7. The molecule has 0 spiro atoms. The number of aliphatic hydroxyl groups is 1.